The van der Waals surface area contributed by atoms with Crippen molar-refractivity contribution in [2.24, 2.45) is 0 Å². The molecular formula is C10H15N4O5P. The Bertz CT molecular complexity index is 640. The molecule has 0 saturated carbocycles. The third-order valence-corrected chi connectivity index (χ3v) is 3.13. The second kappa shape index (κ2) is 5.86. The molecule has 0 aliphatic heterocycles. The molecule has 2 heterocycles. The molecule has 0 spiro atoms. The van der Waals surface area contributed by atoms with Crippen molar-refractivity contribution in [2.75, 3.05) is 18.7 Å². The fraction of sp³-hybridized carbons (Fsp3) is 0.400. The molecule has 0 aliphatic carbocycles. The van der Waals surface area contributed by atoms with Crippen molar-refractivity contribution in [3.8, 4) is 0 Å². The first-order valence-electron chi connectivity index (χ1n) is 5.73. The van der Waals surface area contributed by atoms with E-state index in [0.29, 0.717) is 11.0 Å². The van der Waals surface area contributed by atoms with Crippen molar-refractivity contribution >= 4 is 24.4 Å². The van der Waals surface area contributed by atoms with Crippen LogP contribution in [-0.2, 0) is 15.8 Å². The highest BCUT2D eigenvalue weighted by Gasteiger charge is 2.18. The summed E-state index contributed by atoms with van der Waals surface area (Å²) in [6.07, 6.45) is 1.54. The van der Waals surface area contributed by atoms with Gasteiger partial charge in [-0.25, -0.2) is 9.97 Å². The summed E-state index contributed by atoms with van der Waals surface area (Å²) in [6, 6.07) is 1.70. The number of anilines is 1. The van der Waals surface area contributed by atoms with Crippen molar-refractivity contribution in [1.29, 1.82) is 0 Å². The number of aliphatic hydroxyl groups is 1. The highest BCUT2D eigenvalue weighted by atomic mass is 31.2. The van der Waals surface area contributed by atoms with Gasteiger partial charge in [0.15, 0.2) is 5.82 Å². The molecule has 5 N–H and O–H groups in total. The van der Waals surface area contributed by atoms with Crippen molar-refractivity contribution in [3.63, 3.8) is 0 Å². The van der Waals surface area contributed by atoms with E-state index in [1.165, 1.54) is 12.5 Å². The van der Waals surface area contributed by atoms with Crippen molar-refractivity contribution in [2.45, 2.75) is 12.6 Å². The number of rotatable bonds is 6. The highest BCUT2D eigenvalue weighted by Crippen LogP contribution is 2.34. The number of nitrogens with zero attached hydrogens (tertiary/aromatic N) is 3. The monoisotopic (exact) mass is 302 g/mol. The maximum Gasteiger partial charge on any atom is 0.350 e. The number of hydrogen-bond acceptors (Lipinski definition) is 6. The van der Waals surface area contributed by atoms with E-state index >= 15 is 0 Å². The summed E-state index contributed by atoms with van der Waals surface area (Å²) < 4.78 is 17.4. The fourth-order valence-corrected chi connectivity index (χ4v) is 2.15. The molecular weight excluding hydrogens is 287 g/mol. The van der Waals surface area contributed by atoms with Gasteiger partial charge in [-0.3, -0.25) is 4.57 Å². The van der Waals surface area contributed by atoms with Gasteiger partial charge in [0.05, 0.1) is 31.1 Å². The Balaban J connectivity index is 2.14. The van der Waals surface area contributed by atoms with Crippen LogP contribution in [0.4, 0.5) is 5.82 Å². The van der Waals surface area contributed by atoms with Gasteiger partial charge in [0.2, 0.25) is 0 Å². The van der Waals surface area contributed by atoms with Gasteiger partial charge in [-0.2, -0.15) is 0 Å². The molecule has 2 rings (SSSR count). The van der Waals surface area contributed by atoms with Crippen molar-refractivity contribution in [3.05, 3.63) is 18.6 Å². The summed E-state index contributed by atoms with van der Waals surface area (Å²) in [5.74, 6) is 0.290. The number of pyridine rings is 1. The topological polar surface area (TPSA) is 144 Å². The van der Waals surface area contributed by atoms with Crippen LogP contribution in [0, 0.1) is 0 Å². The van der Waals surface area contributed by atoms with Crippen molar-refractivity contribution < 1.29 is 24.2 Å². The van der Waals surface area contributed by atoms with Gasteiger partial charge in [0, 0.05) is 6.20 Å². The maximum absolute atomic E-state index is 10.8. The van der Waals surface area contributed by atoms with E-state index in [1.54, 1.807) is 10.6 Å². The maximum atomic E-state index is 10.8. The van der Waals surface area contributed by atoms with Crippen LogP contribution in [0.15, 0.2) is 18.6 Å². The van der Waals surface area contributed by atoms with Gasteiger partial charge in [-0.15, -0.1) is 0 Å². The standard InChI is InChI=1S/C10H15N4O5P/c11-10-9-8(1-2-12-10)14(5-13-9)3-7(4-15)19-6-20(16,17)18/h1-2,5,7,15H,3-4,6H2,(H2,11,12)(H2,16,17,18)/t7-/m0/s1. The van der Waals surface area contributed by atoms with Gasteiger partial charge < -0.3 is 29.9 Å². The van der Waals surface area contributed by atoms with Crippen LogP contribution >= 0.6 is 7.60 Å². The van der Waals surface area contributed by atoms with Crippen LogP contribution in [0.5, 0.6) is 0 Å². The lowest BCUT2D eigenvalue weighted by Gasteiger charge is -2.16. The van der Waals surface area contributed by atoms with Crippen LogP contribution in [0.2, 0.25) is 0 Å². The Labute approximate surface area is 114 Å². The Morgan fingerprint density at radius 1 is 1.45 bits per heavy atom. The predicted molar refractivity (Wildman–Crippen MR) is 70.8 cm³/mol. The number of aliphatic hydroxyl groups excluding tert-OH is 1. The molecule has 0 bridgehead atoms. The molecule has 0 aromatic carbocycles. The van der Waals surface area contributed by atoms with Gasteiger partial charge in [0.1, 0.15) is 11.9 Å². The minimum Gasteiger partial charge on any atom is -0.394 e. The number of imidazole rings is 1. The minimum absolute atomic E-state index is 0.191. The summed E-state index contributed by atoms with van der Waals surface area (Å²) >= 11 is 0. The Morgan fingerprint density at radius 3 is 2.85 bits per heavy atom. The first-order valence-corrected chi connectivity index (χ1v) is 7.53. The number of fused-ring (bicyclic) bond motifs is 1. The number of nitrogens with two attached hydrogens (primary N) is 1. The zero-order valence-electron chi connectivity index (χ0n) is 10.5. The SMILES string of the molecule is Nc1nccc2c1ncn2C[C@@H](CO)OCP(=O)(O)O. The van der Waals surface area contributed by atoms with E-state index < -0.39 is 20.0 Å². The van der Waals surface area contributed by atoms with E-state index in [4.69, 9.17) is 20.3 Å². The zero-order chi connectivity index (χ0) is 14.8. The summed E-state index contributed by atoms with van der Waals surface area (Å²) in [7, 11) is -4.27. The predicted octanol–water partition coefficient (Wildman–Crippen LogP) is -0.474. The first-order chi connectivity index (χ1) is 9.40. The average Bonchev–Trinajstić information content (AvgIpc) is 2.78. The lowest BCUT2D eigenvalue weighted by atomic mass is 10.3. The van der Waals surface area contributed by atoms with Crippen LogP contribution in [0.25, 0.3) is 11.0 Å². The van der Waals surface area contributed by atoms with E-state index in [2.05, 4.69) is 9.97 Å². The molecule has 2 aromatic rings. The Hall–Kier alpha value is -1.51. The number of ether oxygens (including phenoxy) is 1. The summed E-state index contributed by atoms with van der Waals surface area (Å²) in [6.45, 7) is -0.184. The van der Waals surface area contributed by atoms with E-state index in [0.717, 1.165) is 0 Å². The average molecular weight is 302 g/mol. The summed E-state index contributed by atoms with van der Waals surface area (Å²) in [5.41, 5.74) is 6.91. The van der Waals surface area contributed by atoms with Gasteiger partial charge in [0.25, 0.3) is 0 Å². The number of hydrogen-bond donors (Lipinski definition) is 4. The Morgan fingerprint density at radius 2 is 2.20 bits per heavy atom. The summed E-state index contributed by atoms with van der Waals surface area (Å²) in [4.78, 5) is 25.5. The highest BCUT2D eigenvalue weighted by molar-refractivity contribution is 7.51. The third-order valence-electron chi connectivity index (χ3n) is 2.65. The second-order valence-electron chi connectivity index (χ2n) is 4.23. The molecule has 9 nitrogen and oxygen atoms in total. The molecule has 10 heteroatoms. The Kier molecular flexibility index (Phi) is 4.36. The minimum atomic E-state index is -4.27. The van der Waals surface area contributed by atoms with Gasteiger partial charge >= 0.3 is 7.60 Å². The normalized spacial score (nSPS) is 13.8. The number of aromatic nitrogens is 3. The largest absolute Gasteiger partial charge is 0.394 e. The molecule has 0 unspecified atom stereocenters. The van der Waals surface area contributed by atoms with Gasteiger partial charge in [-0.1, -0.05) is 0 Å². The lowest BCUT2D eigenvalue weighted by molar-refractivity contribution is 0.0203. The second-order valence-corrected chi connectivity index (χ2v) is 5.81. The van der Waals surface area contributed by atoms with E-state index in [9.17, 15) is 9.67 Å². The van der Waals surface area contributed by atoms with Crippen LogP contribution in [-0.4, -0.2) is 48.5 Å². The van der Waals surface area contributed by atoms with Crippen LogP contribution in [0.1, 0.15) is 0 Å². The van der Waals surface area contributed by atoms with Gasteiger partial charge in [-0.05, 0) is 6.07 Å². The molecule has 0 aliphatic rings. The quantitative estimate of drug-likeness (QED) is 0.524. The smallest absolute Gasteiger partial charge is 0.350 e. The molecule has 2 aromatic heterocycles. The van der Waals surface area contributed by atoms with Crippen LogP contribution in [0.3, 0.4) is 0 Å². The zero-order valence-corrected chi connectivity index (χ0v) is 11.3. The fourth-order valence-electron chi connectivity index (χ4n) is 1.74. The molecule has 1 atom stereocenters. The summed E-state index contributed by atoms with van der Waals surface area (Å²) in [5, 5.41) is 9.20. The third kappa shape index (κ3) is 3.53. The van der Waals surface area contributed by atoms with Crippen molar-refractivity contribution in [1.82, 2.24) is 14.5 Å². The van der Waals surface area contributed by atoms with Crippen LogP contribution < -0.4 is 5.73 Å². The number of nitrogen functional groups attached to an aromatic ring is 1. The lowest BCUT2D eigenvalue weighted by Crippen LogP contribution is -2.24. The first kappa shape index (κ1) is 14.9. The molecule has 110 valence electrons. The molecule has 20 heavy (non-hydrogen) atoms. The molecule has 0 radical (unpaired) electrons. The van der Waals surface area contributed by atoms with E-state index in [-0.39, 0.29) is 19.0 Å². The van der Waals surface area contributed by atoms with E-state index in [1.807, 2.05) is 0 Å². The molecule has 0 saturated heterocycles. The molecule has 0 amide bonds. The molecule has 0 fully saturated rings.